The third-order valence-electron chi connectivity index (χ3n) is 4.34. The minimum Gasteiger partial charge on any atom is -0.353 e. The van der Waals surface area contributed by atoms with Gasteiger partial charge in [-0.05, 0) is 59.2 Å². The van der Waals surface area contributed by atoms with Crippen molar-refractivity contribution < 1.29 is 4.79 Å². The minimum atomic E-state index is 0.235. The van der Waals surface area contributed by atoms with E-state index in [0.29, 0.717) is 24.5 Å². The zero-order valence-electron chi connectivity index (χ0n) is 11.7. The van der Waals surface area contributed by atoms with E-state index in [1.54, 1.807) is 0 Å². The van der Waals surface area contributed by atoms with Crippen LogP contribution < -0.4 is 10.6 Å². The molecule has 0 spiro atoms. The molecule has 2 rings (SSSR count). The van der Waals surface area contributed by atoms with Crippen molar-refractivity contribution >= 4 is 5.91 Å². The van der Waals surface area contributed by atoms with Crippen LogP contribution in [0.25, 0.3) is 0 Å². The average Bonchev–Trinajstić information content (AvgIpc) is 2.82. The Kier molecular flexibility index (Phi) is 5.01. The lowest BCUT2D eigenvalue weighted by atomic mass is 9.90. The number of carbonyl (C=O) groups is 1. The molecule has 3 atom stereocenters. The van der Waals surface area contributed by atoms with Crippen molar-refractivity contribution in [1.82, 2.24) is 15.5 Å². The van der Waals surface area contributed by atoms with Gasteiger partial charge in [0, 0.05) is 24.5 Å². The van der Waals surface area contributed by atoms with Crippen LogP contribution in [0.15, 0.2) is 0 Å². The second kappa shape index (κ2) is 6.53. The summed E-state index contributed by atoms with van der Waals surface area (Å²) in [6.07, 6.45) is 7.77. The Hall–Kier alpha value is -0.610. The summed E-state index contributed by atoms with van der Waals surface area (Å²) < 4.78 is 0. The summed E-state index contributed by atoms with van der Waals surface area (Å²) in [6.45, 7) is 1.07. The lowest BCUT2D eigenvalue weighted by Gasteiger charge is -2.33. The van der Waals surface area contributed by atoms with Gasteiger partial charge in [-0.15, -0.1) is 0 Å². The number of rotatable bonds is 4. The minimum absolute atomic E-state index is 0.235. The SMILES string of the molecule is CN(C)C1CCCC(NC(=O)CC2CCCN2)C1. The first kappa shape index (κ1) is 13.8. The number of carbonyl (C=O) groups excluding carboxylic acids is 1. The maximum Gasteiger partial charge on any atom is 0.221 e. The van der Waals surface area contributed by atoms with E-state index in [-0.39, 0.29) is 5.91 Å². The molecular weight excluding hydrogens is 226 g/mol. The molecule has 1 amide bonds. The third kappa shape index (κ3) is 3.95. The first-order valence-electron chi connectivity index (χ1n) is 7.34. The first-order valence-corrected chi connectivity index (χ1v) is 7.34. The van der Waals surface area contributed by atoms with Crippen molar-refractivity contribution in [2.24, 2.45) is 0 Å². The van der Waals surface area contributed by atoms with Gasteiger partial charge in [0.2, 0.25) is 5.91 Å². The molecule has 0 bridgehead atoms. The summed E-state index contributed by atoms with van der Waals surface area (Å²) in [7, 11) is 4.27. The topological polar surface area (TPSA) is 44.4 Å². The van der Waals surface area contributed by atoms with Crippen LogP contribution in [0.5, 0.6) is 0 Å². The Morgan fingerprint density at radius 3 is 2.78 bits per heavy atom. The van der Waals surface area contributed by atoms with Crippen molar-refractivity contribution in [2.45, 2.75) is 63.1 Å². The van der Waals surface area contributed by atoms with Gasteiger partial charge in [-0.25, -0.2) is 0 Å². The molecule has 2 N–H and O–H groups in total. The smallest absolute Gasteiger partial charge is 0.221 e. The molecule has 0 radical (unpaired) electrons. The van der Waals surface area contributed by atoms with E-state index in [2.05, 4.69) is 29.6 Å². The second-order valence-corrected chi connectivity index (χ2v) is 6.05. The summed E-state index contributed by atoms with van der Waals surface area (Å²) in [6, 6.07) is 1.44. The highest BCUT2D eigenvalue weighted by molar-refractivity contribution is 5.76. The van der Waals surface area contributed by atoms with E-state index < -0.39 is 0 Å². The van der Waals surface area contributed by atoms with Crippen LogP contribution >= 0.6 is 0 Å². The van der Waals surface area contributed by atoms with Crippen LogP contribution in [0.3, 0.4) is 0 Å². The van der Waals surface area contributed by atoms with Crippen LogP contribution in [0, 0.1) is 0 Å². The fourth-order valence-electron chi connectivity index (χ4n) is 3.21. The summed E-state index contributed by atoms with van der Waals surface area (Å²) in [5, 5.41) is 6.61. The first-order chi connectivity index (χ1) is 8.65. The monoisotopic (exact) mass is 253 g/mol. The summed E-state index contributed by atoms with van der Waals surface area (Å²) >= 11 is 0. The van der Waals surface area contributed by atoms with Gasteiger partial charge in [0.1, 0.15) is 0 Å². The summed E-state index contributed by atoms with van der Waals surface area (Å²) in [4.78, 5) is 14.3. The molecular formula is C14H27N3O. The maximum atomic E-state index is 12.0. The standard InChI is InChI=1S/C14H27N3O/c1-17(2)13-7-3-5-12(9-13)16-14(18)10-11-6-4-8-15-11/h11-13,15H,3-10H2,1-2H3,(H,16,18). The largest absolute Gasteiger partial charge is 0.353 e. The van der Waals surface area contributed by atoms with Gasteiger partial charge >= 0.3 is 0 Å². The molecule has 18 heavy (non-hydrogen) atoms. The van der Waals surface area contributed by atoms with E-state index in [4.69, 9.17) is 0 Å². The van der Waals surface area contributed by atoms with Crippen molar-refractivity contribution in [3.05, 3.63) is 0 Å². The zero-order chi connectivity index (χ0) is 13.0. The molecule has 1 aliphatic heterocycles. The quantitative estimate of drug-likeness (QED) is 0.789. The van der Waals surface area contributed by atoms with E-state index in [9.17, 15) is 4.79 Å². The van der Waals surface area contributed by atoms with E-state index in [0.717, 1.165) is 25.8 Å². The van der Waals surface area contributed by atoms with Gasteiger partial charge in [-0.1, -0.05) is 0 Å². The van der Waals surface area contributed by atoms with Gasteiger partial charge in [-0.2, -0.15) is 0 Å². The second-order valence-electron chi connectivity index (χ2n) is 6.05. The average molecular weight is 253 g/mol. The molecule has 1 heterocycles. The van der Waals surface area contributed by atoms with Crippen LogP contribution in [-0.4, -0.2) is 49.6 Å². The highest BCUT2D eigenvalue weighted by atomic mass is 16.1. The summed E-state index contributed by atoms with van der Waals surface area (Å²) in [5.74, 6) is 0.235. The van der Waals surface area contributed by atoms with E-state index >= 15 is 0 Å². The van der Waals surface area contributed by atoms with Crippen molar-refractivity contribution in [3.8, 4) is 0 Å². The van der Waals surface area contributed by atoms with E-state index in [1.807, 2.05) is 0 Å². The molecule has 1 saturated carbocycles. The number of nitrogens with one attached hydrogen (secondary N) is 2. The molecule has 0 aromatic rings. The lowest BCUT2D eigenvalue weighted by molar-refractivity contribution is -0.122. The van der Waals surface area contributed by atoms with Gasteiger partial charge in [0.05, 0.1) is 0 Å². The molecule has 0 aromatic carbocycles. The lowest BCUT2D eigenvalue weighted by Crippen LogP contribution is -2.44. The molecule has 2 aliphatic rings. The summed E-state index contributed by atoms with van der Waals surface area (Å²) in [5.41, 5.74) is 0. The van der Waals surface area contributed by atoms with Crippen molar-refractivity contribution in [2.75, 3.05) is 20.6 Å². The Morgan fingerprint density at radius 1 is 1.28 bits per heavy atom. The highest BCUT2D eigenvalue weighted by Crippen LogP contribution is 2.21. The molecule has 3 unspecified atom stereocenters. The molecule has 1 saturated heterocycles. The van der Waals surface area contributed by atoms with E-state index in [1.165, 1.54) is 19.3 Å². The Labute approximate surface area is 110 Å². The Bertz CT molecular complexity index is 274. The van der Waals surface area contributed by atoms with Crippen LogP contribution in [-0.2, 0) is 4.79 Å². The van der Waals surface area contributed by atoms with Crippen LogP contribution in [0.2, 0.25) is 0 Å². The molecule has 4 nitrogen and oxygen atoms in total. The van der Waals surface area contributed by atoms with Crippen molar-refractivity contribution in [1.29, 1.82) is 0 Å². The molecule has 4 heteroatoms. The molecule has 1 aliphatic carbocycles. The van der Waals surface area contributed by atoms with Gasteiger partial charge < -0.3 is 15.5 Å². The fourth-order valence-corrected chi connectivity index (χ4v) is 3.21. The number of hydrogen-bond acceptors (Lipinski definition) is 3. The Morgan fingerprint density at radius 2 is 2.11 bits per heavy atom. The normalized spacial score (nSPS) is 32.7. The molecule has 104 valence electrons. The number of hydrogen-bond donors (Lipinski definition) is 2. The third-order valence-corrected chi connectivity index (χ3v) is 4.34. The van der Waals surface area contributed by atoms with Gasteiger partial charge in [0.25, 0.3) is 0 Å². The maximum absolute atomic E-state index is 12.0. The number of amides is 1. The predicted molar refractivity (Wildman–Crippen MR) is 73.5 cm³/mol. The molecule has 2 fully saturated rings. The van der Waals surface area contributed by atoms with Gasteiger partial charge in [0.15, 0.2) is 0 Å². The number of nitrogens with zero attached hydrogens (tertiary/aromatic N) is 1. The highest BCUT2D eigenvalue weighted by Gasteiger charge is 2.25. The predicted octanol–water partition coefficient (Wildman–Crippen LogP) is 1.12. The zero-order valence-corrected chi connectivity index (χ0v) is 11.7. The van der Waals surface area contributed by atoms with Crippen LogP contribution in [0.4, 0.5) is 0 Å². The Balaban J connectivity index is 1.72. The fraction of sp³-hybridized carbons (Fsp3) is 0.929. The van der Waals surface area contributed by atoms with Gasteiger partial charge in [-0.3, -0.25) is 4.79 Å². The van der Waals surface area contributed by atoms with Crippen LogP contribution in [0.1, 0.15) is 44.9 Å². The molecule has 0 aromatic heterocycles. The van der Waals surface area contributed by atoms with Crippen molar-refractivity contribution in [3.63, 3.8) is 0 Å².